The first-order valence-corrected chi connectivity index (χ1v) is 10.8. The van der Waals surface area contributed by atoms with Gasteiger partial charge in [-0.1, -0.05) is 61.4 Å². The minimum atomic E-state index is -0.0577. The first-order valence-electron chi connectivity index (χ1n) is 9.90. The molecular weight excluding hydrogens is 352 g/mol. The van der Waals surface area contributed by atoms with Crippen molar-refractivity contribution in [2.24, 2.45) is 10.9 Å². The molecular formula is C23H28N2OS. The van der Waals surface area contributed by atoms with Gasteiger partial charge >= 0.3 is 0 Å². The minimum Gasteiger partial charge on any atom is -0.352 e. The lowest BCUT2D eigenvalue weighted by Crippen LogP contribution is -2.24. The molecule has 1 heterocycles. The number of aliphatic imine (C=N–C) groups is 1. The number of carbonyl (C=O) groups excluding carboxylic acids is 1. The molecule has 0 bridgehead atoms. The first-order chi connectivity index (χ1) is 13.2. The molecule has 0 saturated heterocycles. The van der Waals surface area contributed by atoms with Crippen LogP contribution in [0.5, 0.6) is 0 Å². The normalized spacial score (nSPS) is 18.5. The fourth-order valence-electron chi connectivity index (χ4n) is 3.67. The van der Waals surface area contributed by atoms with E-state index in [1.165, 1.54) is 48.3 Å². The van der Waals surface area contributed by atoms with Gasteiger partial charge in [0.2, 0.25) is 0 Å². The number of fused-ring (bicyclic) bond motifs is 1. The maximum Gasteiger partial charge on any atom is 0.251 e. The number of allylic oxidation sites excluding steroid dienone is 2. The number of benzene rings is 1. The van der Waals surface area contributed by atoms with E-state index < -0.39 is 0 Å². The Bertz CT molecular complexity index is 798. The van der Waals surface area contributed by atoms with Crippen LogP contribution in [-0.2, 0) is 4.79 Å². The summed E-state index contributed by atoms with van der Waals surface area (Å²) in [5.41, 5.74) is 3.94. The van der Waals surface area contributed by atoms with Crippen molar-refractivity contribution >= 4 is 23.4 Å². The Morgan fingerprint density at radius 1 is 1.26 bits per heavy atom. The zero-order chi connectivity index (χ0) is 19.1. The van der Waals surface area contributed by atoms with Gasteiger partial charge in [0.15, 0.2) is 0 Å². The lowest BCUT2D eigenvalue weighted by Gasteiger charge is -2.24. The SMILES string of the molecule is C/C=C\C(=C/C1=CSc2ccccc2C(C2CCCCC2)=N1)C(=O)NCC. The van der Waals surface area contributed by atoms with Gasteiger partial charge in [-0.2, -0.15) is 0 Å². The molecule has 142 valence electrons. The number of thioether (sulfide) groups is 1. The number of carbonyl (C=O) groups is 1. The van der Waals surface area contributed by atoms with Crippen LogP contribution in [0.4, 0.5) is 0 Å². The molecule has 3 nitrogen and oxygen atoms in total. The number of nitrogens with one attached hydrogen (secondary N) is 1. The standard InChI is InChI=1S/C23H28N2OS/c1-3-10-18(23(26)24-4-2)15-19-16-27-21-14-9-8-13-20(21)22(25-19)17-11-6-5-7-12-17/h3,8-10,13-17H,4-7,11-12H2,1-2H3,(H,24,26)/b10-3-,18-15+. The second-order valence-electron chi connectivity index (χ2n) is 6.95. The van der Waals surface area contributed by atoms with Gasteiger partial charge in [-0.15, -0.1) is 0 Å². The van der Waals surface area contributed by atoms with Gasteiger partial charge in [0, 0.05) is 33.9 Å². The zero-order valence-electron chi connectivity index (χ0n) is 16.2. The smallest absolute Gasteiger partial charge is 0.251 e. The van der Waals surface area contributed by atoms with E-state index in [0.29, 0.717) is 18.0 Å². The molecule has 1 aromatic carbocycles. The van der Waals surface area contributed by atoms with Gasteiger partial charge in [0.1, 0.15) is 0 Å². The molecule has 0 aromatic heterocycles. The lowest BCUT2D eigenvalue weighted by atomic mass is 9.83. The Hall–Kier alpha value is -2.07. The summed E-state index contributed by atoms with van der Waals surface area (Å²) in [7, 11) is 0. The highest BCUT2D eigenvalue weighted by molar-refractivity contribution is 8.02. The van der Waals surface area contributed by atoms with Crippen LogP contribution in [0, 0.1) is 5.92 Å². The molecule has 1 aliphatic heterocycles. The molecule has 27 heavy (non-hydrogen) atoms. The van der Waals surface area contributed by atoms with Gasteiger partial charge in [-0.3, -0.25) is 9.79 Å². The van der Waals surface area contributed by atoms with Crippen molar-refractivity contribution in [2.45, 2.75) is 50.8 Å². The van der Waals surface area contributed by atoms with E-state index in [-0.39, 0.29) is 5.91 Å². The Morgan fingerprint density at radius 2 is 2.04 bits per heavy atom. The van der Waals surface area contributed by atoms with E-state index in [0.717, 1.165) is 5.70 Å². The molecule has 0 atom stereocenters. The summed E-state index contributed by atoms with van der Waals surface area (Å²) in [6.07, 6.45) is 11.9. The van der Waals surface area contributed by atoms with E-state index in [9.17, 15) is 4.79 Å². The molecule has 1 N–H and O–H groups in total. The highest BCUT2D eigenvalue weighted by Crippen LogP contribution is 2.35. The van der Waals surface area contributed by atoms with E-state index >= 15 is 0 Å². The summed E-state index contributed by atoms with van der Waals surface area (Å²) in [6, 6.07) is 8.53. The number of hydrogen-bond acceptors (Lipinski definition) is 3. The topological polar surface area (TPSA) is 41.5 Å². The second kappa shape index (κ2) is 9.75. The first kappa shape index (κ1) is 19.7. The Labute approximate surface area is 166 Å². The third kappa shape index (κ3) is 5.01. The second-order valence-corrected chi connectivity index (χ2v) is 7.86. The fourth-order valence-corrected chi connectivity index (χ4v) is 4.50. The lowest BCUT2D eigenvalue weighted by molar-refractivity contribution is -0.117. The quantitative estimate of drug-likeness (QED) is 0.530. The Balaban J connectivity index is 2.01. The van der Waals surface area contributed by atoms with Crippen molar-refractivity contribution < 1.29 is 4.79 Å². The van der Waals surface area contributed by atoms with Crippen molar-refractivity contribution in [3.05, 3.63) is 64.7 Å². The van der Waals surface area contributed by atoms with E-state index in [1.54, 1.807) is 11.8 Å². The Morgan fingerprint density at radius 3 is 2.78 bits per heavy atom. The molecule has 1 aliphatic carbocycles. The van der Waals surface area contributed by atoms with E-state index in [1.807, 2.05) is 32.1 Å². The number of nitrogens with zero attached hydrogens (tertiary/aromatic N) is 1. The van der Waals surface area contributed by atoms with Crippen LogP contribution in [0.15, 0.2) is 69.1 Å². The monoisotopic (exact) mass is 380 g/mol. The molecule has 1 saturated carbocycles. The molecule has 3 rings (SSSR count). The van der Waals surface area contributed by atoms with Crippen LogP contribution >= 0.6 is 11.8 Å². The molecule has 1 fully saturated rings. The zero-order valence-corrected chi connectivity index (χ0v) is 17.0. The van der Waals surface area contributed by atoms with Gasteiger partial charge < -0.3 is 5.32 Å². The van der Waals surface area contributed by atoms with Gasteiger partial charge in [-0.25, -0.2) is 0 Å². The number of rotatable bonds is 5. The molecule has 1 aromatic rings. The molecule has 0 radical (unpaired) electrons. The highest BCUT2D eigenvalue weighted by Gasteiger charge is 2.24. The van der Waals surface area contributed by atoms with Crippen LogP contribution in [0.25, 0.3) is 0 Å². The van der Waals surface area contributed by atoms with Crippen LogP contribution in [-0.4, -0.2) is 18.2 Å². The maximum absolute atomic E-state index is 12.4. The van der Waals surface area contributed by atoms with Crippen molar-refractivity contribution in [3.8, 4) is 0 Å². The Kier molecular flexibility index (Phi) is 7.11. The van der Waals surface area contributed by atoms with Crippen LogP contribution in [0.3, 0.4) is 0 Å². The average Bonchev–Trinajstić information content (AvgIpc) is 2.88. The van der Waals surface area contributed by atoms with Crippen molar-refractivity contribution in [2.75, 3.05) is 6.54 Å². The van der Waals surface area contributed by atoms with Gasteiger partial charge in [-0.05, 0) is 38.8 Å². The third-order valence-corrected chi connectivity index (χ3v) is 5.93. The summed E-state index contributed by atoms with van der Waals surface area (Å²) in [5, 5.41) is 4.95. The van der Waals surface area contributed by atoms with E-state index in [4.69, 9.17) is 4.99 Å². The minimum absolute atomic E-state index is 0.0577. The highest BCUT2D eigenvalue weighted by atomic mass is 32.2. The molecule has 0 unspecified atom stereocenters. The van der Waals surface area contributed by atoms with Crippen molar-refractivity contribution in [3.63, 3.8) is 0 Å². The fraction of sp³-hybridized carbons (Fsp3) is 0.391. The van der Waals surface area contributed by atoms with Crippen LogP contribution < -0.4 is 5.32 Å². The van der Waals surface area contributed by atoms with Crippen molar-refractivity contribution in [1.29, 1.82) is 0 Å². The number of hydrogen-bond donors (Lipinski definition) is 1. The van der Waals surface area contributed by atoms with Crippen molar-refractivity contribution in [1.82, 2.24) is 5.32 Å². The summed E-state index contributed by atoms with van der Waals surface area (Å²) in [5.74, 6) is 0.447. The molecule has 4 heteroatoms. The van der Waals surface area contributed by atoms with E-state index in [2.05, 4.69) is 35.0 Å². The number of likely N-dealkylation sites (N-methyl/N-ethyl adjacent to an activating group) is 1. The number of amides is 1. The average molecular weight is 381 g/mol. The predicted molar refractivity (Wildman–Crippen MR) is 115 cm³/mol. The largest absolute Gasteiger partial charge is 0.352 e. The summed E-state index contributed by atoms with van der Waals surface area (Å²) >= 11 is 1.69. The molecule has 1 amide bonds. The van der Waals surface area contributed by atoms with Crippen LogP contribution in [0.1, 0.15) is 51.5 Å². The summed E-state index contributed by atoms with van der Waals surface area (Å²) in [6.45, 7) is 4.47. The summed E-state index contributed by atoms with van der Waals surface area (Å²) < 4.78 is 0. The third-order valence-electron chi connectivity index (χ3n) is 4.96. The predicted octanol–water partition coefficient (Wildman–Crippen LogP) is 5.64. The molecule has 2 aliphatic rings. The summed E-state index contributed by atoms with van der Waals surface area (Å²) in [4.78, 5) is 18.7. The van der Waals surface area contributed by atoms with Gasteiger partial charge in [0.25, 0.3) is 5.91 Å². The molecule has 0 spiro atoms. The maximum atomic E-state index is 12.4. The van der Waals surface area contributed by atoms with Gasteiger partial charge in [0.05, 0.1) is 11.4 Å². The van der Waals surface area contributed by atoms with Crippen LogP contribution in [0.2, 0.25) is 0 Å².